The van der Waals surface area contributed by atoms with Gasteiger partial charge in [-0.25, -0.2) is 5.43 Å². The molecule has 0 fully saturated rings. The Kier molecular flexibility index (Phi) is 9.34. The first-order chi connectivity index (χ1) is 18.1. The number of carbonyl (C=O) groups excluding carboxylic acids is 1. The summed E-state index contributed by atoms with van der Waals surface area (Å²) in [4.78, 5) is 12.5. The van der Waals surface area contributed by atoms with Crippen LogP contribution in [0.1, 0.15) is 18.9 Å². The zero-order valence-corrected chi connectivity index (χ0v) is 22.8. The van der Waals surface area contributed by atoms with Crippen LogP contribution in [0.2, 0.25) is 0 Å². The van der Waals surface area contributed by atoms with Crippen molar-refractivity contribution in [2.45, 2.75) is 18.5 Å². The van der Waals surface area contributed by atoms with Crippen LogP contribution in [-0.2, 0) is 4.79 Å². The highest BCUT2D eigenvalue weighted by atomic mass is 79.9. The number of para-hydroxylation sites is 1. The van der Waals surface area contributed by atoms with Crippen molar-refractivity contribution in [1.82, 2.24) is 20.2 Å². The number of benzene rings is 3. The lowest BCUT2D eigenvalue weighted by atomic mass is 10.2. The molecule has 1 aromatic heterocycles. The second-order valence-electron chi connectivity index (χ2n) is 7.83. The molecule has 4 rings (SSSR count). The van der Waals surface area contributed by atoms with E-state index >= 15 is 0 Å². The predicted molar refractivity (Wildman–Crippen MR) is 150 cm³/mol. The molecule has 0 unspecified atom stereocenters. The maximum absolute atomic E-state index is 12.5. The first-order valence-corrected chi connectivity index (χ1v) is 13.4. The second-order valence-corrected chi connectivity index (χ2v) is 9.69. The maximum Gasteiger partial charge on any atom is 0.250 e. The number of carbonyl (C=O) groups is 1. The van der Waals surface area contributed by atoms with Crippen LogP contribution in [0.4, 0.5) is 0 Å². The number of thioether (sulfide) groups is 1. The molecule has 3 aromatic carbocycles. The standard InChI is InChI=1S/C27H26BrN5O3S/c1-3-14-36-23-13-12-19(15-24(23)35-2)17-29-30-25(34)18-37-27-32-31-26(20-8-7-9-21(28)16-20)33(27)22-10-5-4-6-11-22/h4-13,15-17H,3,14,18H2,1-2H3,(H,30,34)/b29-17+. The number of aromatic nitrogens is 3. The Balaban J connectivity index is 1.43. The van der Waals surface area contributed by atoms with Crippen molar-refractivity contribution in [2.24, 2.45) is 5.10 Å². The molecule has 0 atom stereocenters. The molecule has 0 spiro atoms. The van der Waals surface area contributed by atoms with Gasteiger partial charge in [-0.2, -0.15) is 5.10 Å². The summed E-state index contributed by atoms with van der Waals surface area (Å²) >= 11 is 4.80. The van der Waals surface area contributed by atoms with Gasteiger partial charge < -0.3 is 9.47 Å². The number of hydrogen-bond acceptors (Lipinski definition) is 7. The van der Waals surface area contributed by atoms with E-state index in [1.54, 1.807) is 19.4 Å². The number of nitrogens with one attached hydrogen (secondary N) is 1. The smallest absolute Gasteiger partial charge is 0.250 e. The van der Waals surface area contributed by atoms with Crippen molar-refractivity contribution >= 4 is 39.8 Å². The fourth-order valence-electron chi connectivity index (χ4n) is 3.42. The van der Waals surface area contributed by atoms with Crippen molar-refractivity contribution in [1.29, 1.82) is 0 Å². The van der Waals surface area contributed by atoms with Crippen LogP contribution in [0, 0.1) is 0 Å². The molecule has 10 heteroatoms. The summed E-state index contributed by atoms with van der Waals surface area (Å²) in [6.45, 7) is 2.65. The van der Waals surface area contributed by atoms with Crippen molar-refractivity contribution in [3.05, 3.63) is 82.8 Å². The number of ether oxygens (including phenoxy) is 2. The van der Waals surface area contributed by atoms with Gasteiger partial charge in [-0.15, -0.1) is 10.2 Å². The third-order valence-electron chi connectivity index (χ3n) is 5.12. The number of rotatable bonds is 11. The second kappa shape index (κ2) is 13.1. The van der Waals surface area contributed by atoms with Crippen LogP contribution in [0.25, 0.3) is 17.1 Å². The van der Waals surface area contributed by atoms with Crippen LogP contribution >= 0.6 is 27.7 Å². The molecule has 37 heavy (non-hydrogen) atoms. The van der Waals surface area contributed by atoms with Crippen molar-refractivity contribution in [3.8, 4) is 28.6 Å². The number of methoxy groups -OCH3 is 1. The number of amides is 1. The highest BCUT2D eigenvalue weighted by Crippen LogP contribution is 2.29. The fraction of sp³-hybridized carbons (Fsp3) is 0.185. The van der Waals surface area contributed by atoms with E-state index in [0.29, 0.717) is 29.1 Å². The molecule has 0 saturated carbocycles. The van der Waals surface area contributed by atoms with Gasteiger partial charge in [0, 0.05) is 15.7 Å². The molecular weight excluding hydrogens is 554 g/mol. The van der Waals surface area contributed by atoms with E-state index in [0.717, 1.165) is 27.7 Å². The SMILES string of the molecule is CCCOc1ccc(/C=N/NC(=O)CSc2nnc(-c3cccc(Br)c3)n2-c2ccccc2)cc1OC. The van der Waals surface area contributed by atoms with Gasteiger partial charge in [-0.3, -0.25) is 9.36 Å². The van der Waals surface area contributed by atoms with Gasteiger partial charge >= 0.3 is 0 Å². The summed E-state index contributed by atoms with van der Waals surface area (Å²) in [5.41, 5.74) is 5.16. The van der Waals surface area contributed by atoms with Gasteiger partial charge in [0.25, 0.3) is 5.91 Å². The predicted octanol–water partition coefficient (Wildman–Crippen LogP) is 5.74. The average molecular weight is 581 g/mol. The van der Waals surface area contributed by atoms with Crippen LogP contribution in [0.15, 0.2) is 87.5 Å². The fourth-order valence-corrected chi connectivity index (χ4v) is 4.57. The zero-order valence-electron chi connectivity index (χ0n) is 20.4. The first kappa shape index (κ1) is 26.4. The Morgan fingerprint density at radius 2 is 1.92 bits per heavy atom. The van der Waals surface area contributed by atoms with Gasteiger partial charge in [0.2, 0.25) is 0 Å². The van der Waals surface area contributed by atoms with E-state index in [4.69, 9.17) is 9.47 Å². The molecule has 8 nitrogen and oxygen atoms in total. The number of nitrogens with zero attached hydrogens (tertiary/aromatic N) is 4. The van der Waals surface area contributed by atoms with Crippen molar-refractivity contribution < 1.29 is 14.3 Å². The molecule has 1 N–H and O–H groups in total. The molecule has 0 saturated heterocycles. The maximum atomic E-state index is 12.5. The lowest BCUT2D eigenvalue weighted by molar-refractivity contribution is -0.118. The van der Waals surface area contributed by atoms with Crippen molar-refractivity contribution in [3.63, 3.8) is 0 Å². The van der Waals surface area contributed by atoms with Gasteiger partial charge in [0.1, 0.15) is 0 Å². The summed E-state index contributed by atoms with van der Waals surface area (Å²) in [7, 11) is 1.59. The Morgan fingerprint density at radius 3 is 2.68 bits per heavy atom. The van der Waals surface area contributed by atoms with E-state index in [9.17, 15) is 4.79 Å². The molecule has 0 aliphatic heterocycles. The highest BCUT2D eigenvalue weighted by Gasteiger charge is 2.17. The van der Waals surface area contributed by atoms with E-state index in [2.05, 4.69) is 36.7 Å². The molecule has 0 aliphatic carbocycles. The molecule has 0 aliphatic rings. The number of hydrazone groups is 1. The molecule has 1 heterocycles. The topological polar surface area (TPSA) is 90.6 Å². The Hall–Kier alpha value is -3.63. The molecule has 0 radical (unpaired) electrons. The minimum Gasteiger partial charge on any atom is -0.493 e. The van der Waals surface area contributed by atoms with E-state index in [1.807, 2.05) is 78.2 Å². The summed E-state index contributed by atoms with van der Waals surface area (Å²) in [5, 5.41) is 13.5. The monoisotopic (exact) mass is 579 g/mol. The Bertz CT molecular complexity index is 1380. The van der Waals surface area contributed by atoms with E-state index in [1.165, 1.54) is 11.8 Å². The molecule has 4 aromatic rings. The van der Waals surface area contributed by atoms with Crippen LogP contribution < -0.4 is 14.9 Å². The van der Waals surface area contributed by atoms with Gasteiger partial charge in [0.05, 0.1) is 25.7 Å². The third kappa shape index (κ3) is 6.99. The summed E-state index contributed by atoms with van der Waals surface area (Å²) in [5.74, 6) is 1.83. The molecule has 1 amide bonds. The number of halogens is 1. The third-order valence-corrected chi connectivity index (χ3v) is 6.54. The molecular formula is C27H26BrN5O3S. The average Bonchev–Trinajstić information content (AvgIpc) is 3.35. The lowest BCUT2D eigenvalue weighted by Gasteiger charge is -2.10. The van der Waals surface area contributed by atoms with Gasteiger partial charge in [-0.1, -0.05) is 64.9 Å². The van der Waals surface area contributed by atoms with Crippen LogP contribution in [-0.4, -0.2) is 46.4 Å². The zero-order chi connectivity index (χ0) is 26.0. The summed E-state index contributed by atoms with van der Waals surface area (Å²) < 4.78 is 13.9. The largest absolute Gasteiger partial charge is 0.493 e. The minimum atomic E-state index is -0.261. The van der Waals surface area contributed by atoms with Crippen molar-refractivity contribution in [2.75, 3.05) is 19.5 Å². The Morgan fingerprint density at radius 1 is 1.08 bits per heavy atom. The highest BCUT2D eigenvalue weighted by molar-refractivity contribution is 9.10. The normalized spacial score (nSPS) is 11.0. The minimum absolute atomic E-state index is 0.119. The summed E-state index contributed by atoms with van der Waals surface area (Å²) in [6.07, 6.45) is 2.47. The Labute approximate surface area is 228 Å². The van der Waals surface area contributed by atoms with E-state index < -0.39 is 0 Å². The van der Waals surface area contributed by atoms with Gasteiger partial charge in [0.15, 0.2) is 22.5 Å². The number of hydrogen-bond donors (Lipinski definition) is 1. The van der Waals surface area contributed by atoms with Crippen LogP contribution in [0.5, 0.6) is 11.5 Å². The van der Waals surface area contributed by atoms with E-state index in [-0.39, 0.29) is 11.7 Å². The molecule has 0 bridgehead atoms. The molecule has 190 valence electrons. The summed E-state index contributed by atoms with van der Waals surface area (Å²) in [6, 6.07) is 23.2. The lowest BCUT2D eigenvalue weighted by Crippen LogP contribution is -2.20. The van der Waals surface area contributed by atoms with Gasteiger partial charge in [-0.05, 0) is 54.4 Å². The quantitative estimate of drug-likeness (QED) is 0.138. The first-order valence-electron chi connectivity index (χ1n) is 11.6. The van der Waals surface area contributed by atoms with Crippen LogP contribution in [0.3, 0.4) is 0 Å².